The maximum Gasteiger partial charge on any atom is 0.326 e. The fourth-order valence-electron chi connectivity index (χ4n) is 5.46. The van der Waals surface area contributed by atoms with E-state index in [0.29, 0.717) is 6.42 Å². The normalized spacial score (nSPS) is 13.6. The molecule has 0 fully saturated rings. The number of carbonyl (C=O) groups is 7. The molecule has 4 atom stereocenters. The van der Waals surface area contributed by atoms with Crippen molar-refractivity contribution in [3.8, 4) is 0 Å². The molecule has 7 N–H and O–H groups in total. The third-order valence-corrected chi connectivity index (χ3v) is 8.56. The van der Waals surface area contributed by atoms with E-state index in [1.165, 1.54) is 57.8 Å². The van der Waals surface area contributed by atoms with Gasteiger partial charge in [-0.05, 0) is 31.1 Å². The van der Waals surface area contributed by atoms with Crippen LogP contribution in [0.15, 0.2) is 0 Å². The molecule has 0 aliphatic heterocycles. The number of carboxylic acids is 3. The lowest BCUT2D eigenvalue weighted by molar-refractivity contribution is -0.143. The largest absolute Gasteiger partial charge is 0.481 e. The van der Waals surface area contributed by atoms with E-state index in [1.807, 2.05) is 0 Å². The predicted octanol–water partition coefficient (Wildman–Crippen LogP) is 4.53. The molecule has 0 aromatic carbocycles. The topological polar surface area (TPSA) is 228 Å². The van der Waals surface area contributed by atoms with Crippen LogP contribution in [0.3, 0.4) is 0 Å². The molecular formula is C36H64N4O10. The van der Waals surface area contributed by atoms with E-state index in [2.05, 4.69) is 28.2 Å². The maximum absolute atomic E-state index is 13.3. The molecule has 0 aliphatic carbocycles. The van der Waals surface area contributed by atoms with Crippen molar-refractivity contribution in [2.75, 3.05) is 0 Å². The van der Waals surface area contributed by atoms with Crippen molar-refractivity contribution in [3.05, 3.63) is 0 Å². The van der Waals surface area contributed by atoms with Crippen LogP contribution in [-0.4, -0.2) is 81.0 Å². The smallest absolute Gasteiger partial charge is 0.326 e. The number of nitrogens with one attached hydrogen (secondary N) is 4. The minimum atomic E-state index is -1.52. The number of rotatable bonds is 30. The summed E-state index contributed by atoms with van der Waals surface area (Å²) in [5.41, 5.74) is 0. The number of hydrogen-bond acceptors (Lipinski definition) is 7. The average Bonchev–Trinajstić information content (AvgIpc) is 3.03. The molecule has 0 spiro atoms. The van der Waals surface area contributed by atoms with E-state index in [1.54, 1.807) is 27.7 Å². The van der Waals surface area contributed by atoms with Gasteiger partial charge < -0.3 is 36.6 Å². The van der Waals surface area contributed by atoms with Crippen molar-refractivity contribution in [1.29, 1.82) is 0 Å². The lowest BCUT2D eigenvalue weighted by Gasteiger charge is -2.28. The first-order valence-electron chi connectivity index (χ1n) is 18.5. The molecule has 0 saturated carbocycles. The zero-order valence-corrected chi connectivity index (χ0v) is 30.9. The van der Waals surface area contributed by atoms with Gasteiger partial charge in [0, 0.05) is 19.3 Å². The SMILES string of the molecule is CCCCCCCCCCCCCCCC(=O)N[C@H](C(=O)N[C@@H](CCC(=O)O)C(=O)N[C@H](C(=O)N[C@@H](CCC(=O)O)C(=O)O)C(C)C)C(C)C. The second-order valence-corrected chi connectivity index (χ2v) is 13.8. The number of amides is 4. The third kappa shape index (κ3) is 22.1. The lowest BCUT2D eigenvalue weighted by Crippen LogP contribution is -2.59. The molecule has 14 nitrogen and oxygen atoms in total. The minimum Gasteiger partial charge on any atom is -0.481 e. The summed E-state index contributed by atoms with van der Waals surface area (Å²) in [6, 6.07) is -5.18. The van der Waals surface area contributed by atoms with E-state index in [9.17, 15) is 43.8 Å². The number of unbranched alkanes of at least 4 members (excludes halogenated alkanes) is 12. The molecular weight excluding hydrogens is 648 g/mol. The van der Waals surface area contributed by atoms with E-state index < -0.39 is 78.6 Å². The van der Waals surface area contributed by atoms with Crippen LogP contribution >= 0.6 is 0 Å². The van der Waals surface area contributed by atoms with Crippen molar-refractivity contribution >= 4 is 41.5 Å². The summed E-state index contributed by atoms with van der Waals surface area (Å²) in [5, 5.41) is 37.5. The van der Waals surface area contributed by atoms with Gasteiger partial charge in [-0.25, -0.2) is 4.79 Å². The fourth-order valence-corrected chi connectivity index (χ4v) is 5.46. The predicted molar refractivity (Wildman–Crippen MR) is 189 cm³/mol. The van der Waals surface area contributed by atoms with E-state index in [4.69, 9.17) is 5.11 Å². The van der Waals surface area contributed by atoms with Gasteiger partial charge >= 0.3 is 17.9 Å². The molecule has 0 aromatic heterocycles. The molecule has 0 aromatic rings. The Morgan fingerprint density at radius 3 is 1.24 bits per heavy atom. The Balaban J connectivity index is 5.13. The second kappa shape index (κ2) is 27.1. The summed E-state index contributed by atoms with van der Waals surface area (Å²) in [5.74, 6) is -7.57. The summed E-state index contributed by atoms with van der Waals surface area (Å²) in [6.07, 6.45) is 13.8. The molecule has 4 amide bonds. The Hall–Kier alpha value is -3.71. The van der Waals surface area contributed by atoms with Gasteiger partial charge in [-0.2, -0.15) is 0 Å². The van der Waals surface area contributed by atoms with Crippen LogP contribution in [0.1, 0.15) is 150 Å². The Bertz CT molecular complexity index is 1070. The first-order chi connectivity index (χ1) is 23.6. The van der Waals surface area contributed by atoms with Gasteiger partial charge in [-0.3, -0.25) is 28.8 Å². The first kappa shape index (κ1) is 46.3. The Morgan fingerprint density at radius 2 is 0.840 bits per heavy atom. The summed E-state index contributed by atoms with van der Waals surface area (Å²) in [6.45, 7) is 8.85. The highest BCUT2D eigenvalue weighted by Gasteiger charge is 2.33. The van der Waals surface area contributed by atoms with Crippen LogP contribution in [0.5, 0.6) is 0 Å². The number of hydrogen-bond donors (Lipinski definition) is 7. The molecule has 0 rings (SSSR count). The van der Waals surface area contributed by atoms with Crippen LogP contribution in [-0.2, 0) is 33.6 Å². The van der Waals surface area contributed by atoms with Gasteiger partial charge in [0.05, 0.1) is 0 Å². The van der Waals surface area contributed by atoms with Crippen molar-refractivity contribution in [3.63, 3.8) is 0 Å². The molecule has 0 radical (unpaired) electrons. The van der Waals surface area contributed by atoms with Gasteiger partial charge in [-0.15, -0.1) is 0 Å². The quantitative estimate of drug-likeness (QED) is 0.0515. The molecule has 0 heterocycles. The van der Waals surface area contributed by atoms with Gasteiger partial charge in [-0.1, -0.05) is 112 Å². The zero-order chi connectivity index (χ0) is 38.1. The summed E-state index contributed by atoms with van der Waals surface area (Å²) < 4.78 is 0. The first-order valence-corrected chi connectivity index (χ1v) is 18.5. The molecule has 0 saturated heterocycles. The van der Waals surface area contributed by atoms with Gasteiger partial charge in [0.2, 0.25) is 23.6 Å². The van der Waals surface area contributed by atoms with E-state index >= 15 is 0 Å². The number of carbonyl (C=O) groups excluding carboxylic acids is 4. The number of carboxylic acid groups (broad SMARTS) is 3. The molecule has 50 heavy (non-hydrogen) atoms. The van der Waals surface area contributed by atoms with Crippen LogP contribution in [0.4, 0.5) is 0 Å². The van der Waals surface area contributed by atoms with Crippen LogP contribution in [0.2, 0.25) is 0 Å². The maximum atomic E-state index is 13.3. The van der Waals surface area contributed by atoms with Crippen molar-refractivity contribution < 1.29 is 48.9 Å². The van der Waals surface area contributed by atoms with Gasteiger partial charge in [0.25, 0.3) is 0 Å². The highest BCUT2D eigenvalue weighted by molar-refractivity contribution is 5.95. The van der Waals surface area contributed by atoms with Crippen LogP contribution < -0.4 is 21.3 Å². The molecule has 288 valence electrons. The average molecular weight is 713 g/mol. The molecule has 14 heteroatoms. The van der Waals surface area contributed by atoms with Crippen molar-refractivity contribution in [2.45, 2.75) is 174 Å². The lowest BCUT2D eigenvalue weighted by atomic mass is 10.00. The van der Waals surface area contributed by atoms with Crippen LogP contribution in [0.25, 0.3) is 0 Å². The number of aliphatic carboxylic acids is 3. The highest BCUT2D eigenvalue weighted by atomic mass is 16.4. The van der Waals surface area contributed by atoms with Crippen LogP contribution in [0, 0.1) is 11.8 Å². The van der Waals surface area contributed by atoms with Crippen molar-refractivity contribution in [2.24, 2.45) is 11.8 Å². The molecule has 0 aliphatic rings. The monoisotopic (exact) mass is 712 g/mol. The third-order valence-electron chi connectivity index (χ3n) is 8.56. The van der Waals surface area contributed by atoms with E-state index in [0.717, 1.165) is 19.3 Å². The summed E-state index contributed by atoms with van der Waals surface area (Å²) in [4.78, 5) is 86.2. The van der Waals surface area contributed by atoms with E-state index in [-0.39, 0.29) is 31.1 Å². The van der Waals surface area contributed by atoms with Gasteiger partial charge in [0.1, 0.15) is 24.2 Å². The molecule has 0 unspecified atom stereocenters. The summed E-state index contributed by atoms with van der Waals surface area (Å²) >= 11 is 0. The Kier molecular flexibility index (Phi) is 25.1. The molecule has 0 bridgehead atoms. The second-order valence-electron chi connectivity index (χ2n) is 13.8. The zero-order valence-electron chi connectivity index (χ0n) is 30.9. The minimum absolute atomic E-state index is 0.242. The summed E-state index contributed by atoms with van der Waals surface area (Å²) in [7, 11) is 0. The highest BCUT2D eigenvalue weighted by Crippen LogP contribution is 2.14. The fraction of sp³-hybridized carbons (Fsp3) is 0.806. The van der Waals surface area contributed by atoms with Gasteiger partial charge in [0.15, 0.2) is 0 Å². The van der Waals surface area contributed by atoms with Crippen molar-refractivity contribution in [1.82, 2.24) is 21.3 Å². The Morgan fingerprint density at radius 1 is 0.460 bits per heavy atom. The standard InChI is InChI=1S/C36H64N4O10/c1-6-7-8-9-10-11-12-13-14-15-16-17-18-19-28(41)39-31(24(2)3)34(47)37-26(20-22-29(42)43)33(46)40-32(25(4)5)35(48)38-27(36(49)50)21-23-30(44)45/h24-27,31-32H,6-23H2,1-5H3,(H,37,47)(H,38,48)(H,39,41)(H,40,46)(H,42,43)(H,44,45)(H,49,50)/t26-,27-,31-,32-/m0/s1. The Labute approximate surface area is 297 Å².